The minimum absolute atomic E-state index is 0.153. The molecule has 0 saturated heterocycles. The van der Waals surface area contributed by atoms with Crippen LogP contribution in [0.2, 0.25) is 0 Å². The molecule has 0 amide bonds. The number of aliphatic hydroxyl groups is 1. The van der Waals surface area contributed by atoms with E-state index in [-0.39, 0.29) is 11.8 Å². The molecule has 1 heterocycles. The average Bonchev–Trinajstić information content (AvgIpc) is 2.32. The molecule has 0 aliphatic heterocycles. The van der Waals surface area contributed by atoms with Crippen LogP contribution in [0, 0.1) is 0 Å². The Kier molecular flexibility index (Phi) is 4.49. The molecule has 8 nitrogen and oxygen atoms in total. The van der Waals surface area contributed by atoms with Gasteiger partial charge >= 0.3 is 5.69 Å². The summed E-state index contributed by atoms with van der Waals surface area (Å²) in [6.45, 7) is -0.616. The molecule has 0 saturated carbocycles. The number of carbonyl (C=O) groups is 2. The maximum absolute atomic E-state index is 11.3. The van der Waals surface area contributed by atoms with E-state index < -0.39 is 30.1 Å². The van der Waals surface area contributed by atoms with Crippen molar-refractivity contribution >= 4 is 12.6 Å². The molecule has 8 heteroatoms. The zero-order valence-corrected chi connectivity index (χ0v) is 8.58. The predicted octanol–water partition coefficient (Wildman–Crippen LogP) is -2.12. The minimum atomic E-state index is -1.34. The predicted molar refractivity (Wildman–Crippen MR) is 54.5 cm³/mol. The number of rotatable bonds is 6. The van der Waals surface area contributed by atoms with E-state index in [0.29, 0.717) is 6.29 Å². The summed E-state index contributed by atoms with van der Waals surface area (Å²) in [5, 5.41) is 8.71. The molecule has 1 rings (SSSR count). The molecule has 1 aromatic rings. The fourth-order valence-electron chi connectivity index (χ4n) is 1.12. The lowest BCUT2D eigenvalue weighted by Crippen LogP contribution is -2.30. The molecular weight excluding hydrogens is 232 g/mol. The van der Waals surface area contributed by atoms with Crippen molar-refractivity contribution in [3.8, 4) is 0 Å². The Labute approximate surface area is 94.2 Å². The number of nitrogens with one attached hydrogen (secondary N) is 2. The Hall–Kier alpha value is -2.06. The number of hydrogen-bond donors (Lipinski definition) is 3. The third kappa shape index (κ3) is 3.20. The van der Waals surface area contributed by atoms with Gasteiger partial charge in [0.15, 0.2) is 12.6 Å². The summed E-state index contributed by atoms with van der Waals surface area (Å²) in [6, 6.07) is 0. The number of aromatic amines is 2. The van der Waals surface area contributed by atoms with Crippen molar-refractivity contribution in [2.45, 2.75) is 12.2 Å². The Morgan fingerprint density at radius 2 is 2.06 bits per heavy atom. The van der Waals surface area contributed by atoms with Crippen LogP contribution in [0.1, 0.15) is 11.7 Å². The van der Waals surface area contributed by atoms with Crippen LogP contribution in [0.15, 0.2) is 15.8 Å². The van der Waals surface area contributed by atoms with Gasteiger partial charge in [-0.05, 0) is 0 Å². The standard InChI is InChI=1S/C9H10N2O6/c12-2-5(3-13)17-7(4-14)6-1-10-9(16)11-8(6)15/h1-2,4-5,7,13H,3H2,(H2,10,11,15,16)/t5-,7+/m1/s1. The molecule has 0 bridgehead atoms. The first-order chi connectivity index (χ1) is 8.12. The SMILES string of the molecule is O=C[C@H](CO)O[C@@H](C=O)c1c[nH]c(=O)[nH]c1=O. The first kappa shape index (κ1) is 13.0. The van der Waals surface area contributed by atoms with Crippen molar-refractivity contribution in [2.24, 2.45) is 0 Å². The van der Waals surface area contributed by atoms with Gasteiger partial charge in [0.05, 0.1) is 12.2 Å². The molecular formula is C9H10N2O6. The summed E-state index contributed by atoms with van der Waals surface area (Å²) in [7, 11) is 0. The number of hydrogen-bond acceptors (Lipinski definition) is 6. The number of aliphatic hydroxyl groups excluding tert-OH is 1. The molecule has 17 heavy (non-hydrogen) atoms. The Morgan fingerprint density at radius 3 is 2.53 bits per heavy atom. The molecule has 3 N–H and O–H groups in total. The number of H-pyrrole nitrogens is 2. The number of ether oxygens (including phenoxy) is 1. The smallest absolute Gasteiger partial charge is 0.325 e. The van der Waals surface area contributed by atoms with Crippen LogP contribution < -0.4 is 11.2 Å². The van der Waals surface area contributed by atoms with E-state index in [1.807, 2.05) is 4.98 Å². The molecule has 0 aliphatic rings. The number of aldehydes is 2. The molecule has 0 spiro atoms. The highest BCUT2D eigenvalue weighted by Gasteiger charge is 2.19. The van der Waals surface area contributed by atoms with Crippen molar-refractivity contribution in [3.05, 3.63) is 32.6 Å². The summed E-state index contributed by atoms with van der Waals surface area (Å²) in [5.74, 6) is 0. The van der Waals surface area contributed by atoms with Gasteiger partial charge in [-0.25, -0.2) is 4.79 Å². The lowest BCUT2D eigenvalue weighted by atomic mass is 10.2. The van der Waals surface area contributed by atoms with Crippen molar-refractivity contribution < 1.29 is 19.4 Å². The third-order valence-corrected chi connectivity index (χ3v) is 1.93. The van der Waals surface area contributed by atoms with E-state index in [4.69, 9.17) is 9.84 Å². The Bertz CT molecular complexity index is 505. The van der Waals surface area contributed by atoms with Gasteiger partial charge in [0.25, 0.3) is 5.56 Å². The maximum Gasteiger partial charge on any atom is 0.325 e. The maximum atomic E-state index is 11.3. The highest BCUT2D eigenvalue weighted by Crippen LogP contribution is 2.10. The second-order valence-corrected chi connectivity index (χ2v) is 3.08. The van der Waals surface area contributed by atoms with Gasteiger partial charge in [0, 0.05) is 6.20 Å². The normalized spacial score (nSPS) is 13.9. The van der Waals surface area contributed by atoms with Gasteiger partial charge in [0.1, 0.15) is 12.2 Å². The zero-order valence-electron chi connectivity index (χ0n) is 8.58. The third-order valence-electron chi connectivity index (χ3n) is 1.93. The molecule has 2 atom stereocenters. The van der Waals surface area contributed by atoms with Crippen LogP contribution in [0.3, 0.4) is 0 Å². The van der Waals surface area contributed by atoms with Gasteiger partial charge in [-0.3, -0.25) is 9.78 Å². The van der Waals surface area contributed by atoms with Gasteiger partial charge < -0.3 is 24.4 Å². The lowest BCUT2D eigenvalue weighted by Gasteiger charge is -2.14. The summed E-state index contributed by atoms with van der Waals surface area (Å²) in [4.78, 5) is 47.3. The molecule has 0 aromatic carbocycles. The zero-order chi connectivity index (χ0) is 12.8. The molecule has 0 radical (unpaired) electrons. The van der Waals surface area contributed by atoms with Crippen LogP contribution in [-0.4, -0.2) is 40.4 Å². The van der Waals surface area contributed by atoms with Crippen LogP contribution in [0.4, 0.5) is 0 Å². The first-order valence-corrected chi connectivity index (χ1v) is 4.61. The summed E-state index contributed by atoms with van der Waals surface area (Å²) < 4.78 is 4.88. The second kappa shape index (κ2) is 5.87. The Morgan fingerprint density at radius 1 is 1.35 bits per heavy atom. The quantitative estimate of drug-likeness (QED) is 0.489. The van der Waals surface area contributed by atoms with E-state index in [1.54, 1.807) is 0 Å². The van der Waals surface area contributed by atoms with Crippen molar-refractivity contribution in [1.82, 2.24) is 9.97 Å². The molecule has 1 aromatic heterocycles. The first-order valence-electron chi connectivity index (χ1n) is 4.61. The second-order valence-electron chi connectivity index (χ2n) is 3.08. The van der Waals surface area contributed by atoms with Gasteiger partial charge in [-0.15, -0.1) is 0 Å². The van der Waals surface area contributed by atoms with E-state index in [1.165, 1.54) is 0 Å². The molecule has 0 aliphatic carbocycles. The van der Waals surface area contributed by atoms with E-state index in [0.717, 1.165) is 6.20 Å². The highest BCUT2D eigenvalue weighted by atomic mass is 16.5. The van der Waals surface area contributed by atoms with Crippen LogP contribution in [0.25, 0.3) is 0 Å². The fraction of sp³-hybridized carbons (Fsp3) is 0.333. The van der Waals surface area contributed by atoms with E-state index in [9.17, 15) is 19.2 Å². The van der Waals surface area contributed by atoms with E-state index in [2.05, 4.69) is 4.98 Å². The van der Waals surface area contributed by atoms with Gasteiger partial charge in [-0.2, -0.15) is 0 Å². The topological polar surface area (TPSA) is 129 Å². The van der Waals surface area contributed by atoms with E-state index >= 15 is 0 Å². The minimum Gasteiger partial charge on any atom is -0.393 e. The van der Waals surface area contributed by atoms with Gasteiger partial charge in [0.2, 0.25) is 0 Å². The largest absolute Gasteiger partial charge is 0.393 e. The average molecular weight is 242 g/mol. The number of carbonyl (C=O) groups excluding carboxylic acids is 2. The summed E-state index contributed by atoms with van der Waals surface area (Å²) in [6.07, 6.45) is -0.945. The van der Waals surface area contributed by atoms with Crippen LogP contribution >= 0.6 is 0 Å². The number of aromatic nitrogens is 2. The van der Waals surface area contributed by atoms with Crippen molar-refractivity contribution in [3.63, 3.8) is 0 Å². The highest BCUT2D eigenvalue weighted by molar-refractivity contribution is 5.61. The Balaban J connectivity index is 3.01. The monoisotopic (exact) mass is 242 g/mol. The summed E-state index contributed by atoms with van der Waals surface area (Å²) in [5.41, 5.74) is -1.68. The summed E-state index contributed by atoms with van der Waals surface area (Å²) >= 11 is 0. The van der Waals surface area contributed by atoms with Crippen molar-refractivity contribution in [1.29, 1.82) is 0 Å². The lowest BCUT2D eigenvalue weighted by molar-refractivity contribution is -0.133. The molecule has 0 fully saturated rings. The van der Waals surface area contributed by atoms with Crippen molar-refractivity contribution in [2.75, 3.05) is 6.61 Å². The van der Waals surface area contributed by atoms with Gasteiger partial charge in [-0.1, -0.05) is 0 Å². The molecule has 0 unspecified atom stereocenters. The molecule has 92 valence electrons. The fourth-order valence-corrected chi connectivity index (χ4v) is 1.12. The van der Waals surface area contributed by atoms with Crippen LogP contribution in [-0.2, 0) is 14.3 Å². The van der Waals surface area contributed by atoms with Crippen LogP contribution in [0.5, 0.6) is 0 Å².